The van der Waals surface area contributed by atoms with Crippen LogP contribution in [0.15, 0.2) is 60.7 Å². The zero-order valence-corrected chi connectivity index (χ0v) is 27.9. The van der Waals surface area contributed by atoms with Gasteiger partial charge >= 0.3 is 156 Å². The first-order valence-electron chi connectivity index (χ1n) is 12.1. The van der Waals surface area contributed by atoms with Gasteiger partial charge in [-0.25, -0.2) is 0 Å². The molecule has 0 spiro atoms. The quantitative estimate of drug-likeness (QED) is 0.243. The minimum absolute atomic E-state index is 0.0440. The average molecular weight is 651 g/mol. The third kappa shape index (κ3) is 11.2. The van der Waals surface area contributed by atoms with Crippen molar-refractivity contribution in [3.8, 4) is 0 Å². The van der Waals surface area contributed by atoms with Crippen molar-refractivity contribution in [1.29, 1.82) is 0 Å². The van der Waals surface area contributed by atoms with E-state index in [-0.39, 0.29) is 21.3 Å². The standard InChI is InChI=1S/C21H28Si.2C5H11.O.W/c1-20(2,3)17-22(21(4,5)6,18-13-9-7-10-14-18)19-15-11-8-12-16-19;2*1-5(2,3)4;;/h7-16H,1-6H3;2*1H2,2-4H3;;/q;2*-1;;. The topological polar surface area (TPSA) is 17.1 Å². The van der Waals surface area contributed by atoms with Crippen molar-refractivity contribution in [2.24, 2.45) is 16.2 Å². The summed E-state index contributed by atoms with van der Waals surface area (Å²) >= 11 is -1.80. The molecule has 0 aliphatic carbocycles. The van der Waals surface area contributed by atoms with E-state index in [0.717, 1.165) is 0 Å². The Labute approximate surface area is 221 Å². The van der Waals surface area contributed by atoms with Gasteiger partial charge in [0, 0.05) is 0 Å². The first kappa shape index (κ1) is 33.0. The Balaban J connectivity index is 0.000000916. The summed E-state index contributed by atoms with van der Waals surface area (Å²) in [4.78, 5) is 0. The van der Waals surface area contributed by atoms with Gasteiger partial charge in [-0.3, -0.25) is 0 Å². The predicted molar refractivity (Wildman–Crippen MR) is 152 cm³/mol. The molecule has 0 radical (unpaired) electrons. The number of benzene rings is 2. The second-order valence-electron chi connectivity index (χ2n) is 13.5. The molecule has 1 nitrogen and oxygen atoms in total. The first-order chi connectivity index (χ1) is 15.2. The molecular formula is C31H50OSiW-2. The Kier molecular flexibility index (Phi) is 12.4. The predicted octanol–water partition coefficient (Wildman–Crippen LogP) is 7.97. The summed E-state index contributed by atoms with van der Waals surface area (Å²) in [5.41, 5.74) is 0.456. The molecule has 2 aromatic carbocycles. The Morgan fingerprint density at radius 3 is 1.06 bits per heavy atom. The average Bonchev–Trinajstić information content (AvgIpc) is 2.62. The van der Waals surface area contributed by atoms with E-state index in [4.69, 9.17) is 0 Å². The Morgan fingerprint density at radius 2 is 0.882 bits per heavy atom. The second-order valence-corrected chi connectivity index (χ2v) is 21.7. The van der Waals surface area contributed by atoms with E-state index >= 15 is 0 Å². The first-order valence-corrected chi connectivity index (χ1v) is 16.8. The molecule has 0 bridgehead atoms. The van der Waals surface area contributed by atoms with Gasteiger partial charge in [-0.15, -0.1) is 0 Å². The largest absolute Gasteiger partial charge is 0.338 e. The van der Waals surface area contributed by atoms with Crippen LogP contribution in [0.2, 0.25) is 5.04 Å². The molecule has 0 atom stereocenters. The van der Waals surface area contributed by atoms with Gasteiger partial charge in [-0.2, -0.15) is 10.8 Å². The van der Waals surface area contributed by atoms with Crippen LogP contribution in [0.5, 0.6) is 0 Å². The SMILES string of the molecule is CC(C)(C)[C](=[W]=[O])[Si](c1ccccc1)(c1ccccc1)C(C)(C)C.[CH2-]C(C)(C)C.[CH2-]C(C)(C)C. The summed E-state index contributed by atoms with van der Waals surface area (Å²) in [5, 5.41) is 2.80. The minimum Gasteiger partial charge on any atom is -0.338 e. The fraction of sp³-hybridized carbons (Fsp3) is 0.516. The Bertz CT molecular complexity index is 835. The van der Waals surface area contributed by atoms with Crippen LogP contribution in [0.25, 0.3) is 0 Å². The van der Waals surface area contributed by atoms with Gasteiger partial charge in [-0.1, -0.05) is 41.5 Å². The molecule has 0 heterocycles. The molecule has 0 saturated heterocycles. The van der Waals surface area contributed by atoms with Gasteiger partial charge < -0.3 is 13.8 Å². The van der Waals surface area contributed by atoms with E-state index in [1.54, 1.807) is 0 Å². The fourth-order valence-corrected chi connectivity index (χ4v) is 17.8. The van der Waals surface area contributed by atoms with Crippen LogP contribution in [-0.2, 0) is 21.5 Å². The van der Waals surface area contributed by atoms with Crippen LogP contribution in [0, 0.1) is 30.1 Å². The zero-order valence-electron chi connectivity index (χ0n) is 24.0. The number of hydrogen-bond donors (Lipinski definition) is 0. The monoisotopic (exact) mass is 650 g/mol. The van der Waals surface area contributed by atoms with Gasteiger partial charge in [0.1, 0.15) is 0 Å². The second kappa shape index (κ2) is 12.8. The molecule has 34 heavy (non-hydrogen) atoms. The fourth-order valence-electron chi connectivity index (χ4n) is 3.76. The van der Waals surface area contributed by atoms with E-state index in [1.807, 2.05) is 0 Å². The van der Waals surface area contributed by atoms with Crippen molar-refractivity contribution < 1.29 is 21.5 Å². The molecule has 192 valence electrons. The maximum atomic E-state index is 12.7. The molecule has 0 N–H and O–H groups in total. The summed E-state index contributed by atoms with van der Waals surface area (Å²) in [7, 11) is -2.34. The molecule has 2 rings (SSSR count). The summed E-state index contributed by atoms with van der Waals surface area (Å²) in [6, 6.07) is 21.7. The summed E-state index contributed by atoms with van der Waals surface area (Å²) in [6.07, 6.45) is 0. The summed E-state index contributed by atoms with van der Waals surface area (Å²) < 4.78 is 14.0. The molecular weight excluding hydrogens is 600 g/mol. The molecule has 0 fully saturated rings. The molecule has 0 amide bonds. The zero-order chi connectivity index (χ0) is 27.0. The van der Waals surface area contributed by atoms with Gasteiger partial charge in [-0.05, 0) is 0 Å². The van der Waals surface area contributed by atoms with E-state index < -0.39 is 26.1 Å². The summed E-state index contributed by atoms with van der Waals surface area (Å²) in [5.74, 6) is 0. The van der Waals surface area contributed by atoms with Crippen LogP contribution in [-0.4, -0.2) is 11.6 Å². The molecule has 0 unspecified atom stereocenters. The van der Waals surface area contributed by atoms with Crippen molar-refractivity contribution in [1.82, 2.24) is 0 Å². The minimum atomic E-state index is -2.34. The smallest absolute Gasteiger partial charge is 0.0878 e. The molecule has 2 aromatic rings. The van der Waals surface area contributed by atoms with Crippen LogP contribution >= 0.6 is 0 Å². The van der Waals surface area contributed by atoms with E-state index in [9.17, 15) is 3.40 Å². The Morgan fingerprint density at radius 1 is 0.618 bits per heavy atom. The third-order valence-electron chi connectivity index (χ3n) is 4.64. The number of rotatable bonds is 3. The summed E-state index contributed by atoms with van der Waals surface area (Å²) in [6.45, 7) is 33.7. The normalized spacial score (nSPS) is 12.5. The van der Waals surface area contributed by atoms with Gasteiger partial charge in [0.15, 0.2) is 0 Å². The molecule has 0 aliphatic rings. The van der Waals surface area contributed by atoms with Crippen LogP contribution in [0.1, 0.15) is 83.1 Å². The van der Waals surface area contributed by atoms with Crippen molar-refractivity contribution in [3.05, 3.63) is 74.5 Å². The van der Waals surface area contributed by atoms with E-state index in [1.165, 1.54) is 13.9 Å². The van der Waals surface area contributed by atoms with Crippen molar-refractivity contribution in [3.63, 3.8) is 0 Å². The van der Waals surface area contributed by atoms with Crippen LogP contribution in [0.4, 0.5) is 0 Å². The maximum absolute atomic E-state index is 12.7. The van der Waals surface area contributed by atoms with Crippen molar-refractivity contribution in [2.45, 2.75) is 88.1 Å². The van der Waals surface area contributed by atoms with Gasteiger partial charge in [0.2, 0.25) is 0 Å². The van der Waals surface area contributed by atoms with Crippen LogP contribution in [0.3, 0.4) is 0 Å². The van der Waals surface area contributed by atoms with Gasteiger partial charge in [0.25, 0.3) is 0 Å². The van der Waals surface area contributed by atoms with Crippen molar-refractivity contribution >= 4 is 22.0 Å². The molecule has 0 saturated carbocycles. The van der Waals surface area contributed by atoms with E-state index in [2.05, 4.69) is 158 Å². The van der Waals surface area contributed by atoms with Crippen LogP contribution < -0.4 is 10.4 Å². The number of hydrogen-bond acceptors (Lipinski definition) is 1. The molecule has 0 aromatic heterocycles. The van der Waals surface area contributed by atoms with Gasteiger partial charge in [0.05, 0.1) is 0 Å². The Hall–Kier alpha value is -0.985. The third-order valence-corrected chi connectivity index (χ3v) is 17.5. The maximum Gasteiger partial charge on any atom is -0.0878 e. The van der Waals surface area contributed by atoms with E-state index in [0.29, 0.717) is 0 Å². The van der Waals surface area contributed by atoms with Crippen molar-refractivity contribution in [2.75, 3.05) is 0 Å². The molecule has 0 aliphatic heterocycles. The molecule has 3 heteroatoms.